The van der Waals surface area contributed by atoms with Gasteiger partial charge in [0.1, 0.15) is 5.82 Å². The molecule has 2 aromatic rings. The minimum absolute atomic E-state index is 0.654. The highest BCUT2D eigenvalue weighted by Crippen LogP contribution is 2.16. The van der Waals surface area contributed by atoms with Gasteiger partial charge in [0.05, 0.1) is 0 Å². The van der Waals surface area contributed by atoms with Crippen molar-refractivity contribution >= 4 is 0 Å². The van der Waals surface area contributed by atoms with Crippen LogP contribution in [0.5, 0.6) is 0 Å². The third-order valence-electron chi connectivity index (χ3n) is 3.49. The third kappa shape index (κ3) is 3.42. The van der Waals surface area contributed by atoms with Crippen molar-refractivity contribution in [2.45, 2.75) is 39.5 Å². The maximum Gasteiger partial charge on any atom is 0.133 e. The molecule has 0 fully saturated rings. The second-order valence-electron chi connectivity index (χ2n) is 4.92. The van der Waals surface area contributed by atoms with E-state index in [1.54, 1.807) is 0 Å². The van der Waals surface area contributed by atoms with E-state index >= 15 is 0 Å². The molecule has 0 saturated carbocycles. The second-order valence-corrected chi connectivity index (χ2v) is 4.92. The molecule has 3 nitrogen and oxygen atoms in total. The van der Waals surface area contributed by atoms with Crippen molar-refractivity contribution < 1.29 is 0 Å². The van der Waals surface area contributed by atoms with E-state index in [1.807, 2.05) is 6.07 Å². The smallest absolute Gasteiger partial charge is 0.133 e. The van der Waals surface area contributed by atoms with E-state index in [4.69, 9.17) is 15.7 Å². The molecule has 0 atom stereocenters. The van der Waals surface area contributed by atoms with E-state index in [2.05, 4.69) is 38.1 Å². The monoisotopic (exact) mass is 269 g/mol. The number of nitrogens with zero attached hydrogens (tertiary/aromatic N) is 2. The molecule has 0 radical (unpaired) electrons. The van der Waals surface area contributed by atoms with Crippen LogP contribution in [-0.2, 0) is 25.7 Å². The number of hydrogen-bond donors (Lipinski definition) is 1. The van der Waals surface area contributed by atoms with Crippen molar-refractivity contribution in [2.75, 3.05) is 6.54 Å². The Labute approximate surface area is 121 Å². The van der Waals surface area contributed by atoms with Crippen molar-refractivity contribution in [3.63, 3.8) is 0 Å². The molecule has 1 heterocycles. The zero-order valence-corrected chi connectivity index (χ0v) is 12.4. The molecule has 0 aliphatic rings. The normalized spacial score (nSPS) is 10.8. The van der Waals surface area contributed by atoms with Crippen LogP contribution in [0.4, 0.5) is 0 Å². The summed E-state index contributed by atoms with van der Waals surface area (Å²) in [7, 11) is 0. The molecule has 20 heavy (non-hydrogen) atoms. The molecule has 0 bridgehead atoms. The van der Waals surface area contributed by atoms with Crippen LogP contribution in [0.25, 0.3) is 0 Å². The van der Waals surface area contributed by atoms with Gasteiger partial charge in [-0.3, -0.25) is 0 Å². The molecule has 0 unspecified atom stereocenters. The quantitative estimate of drug-likeness (QED) is 0.877. The number of aromatic nitrogens is 2. The highest BCUT2D eigenvalue weighted by Gasteiger charge is 2.11. The standard InChI is InChI=1S/C17H23N3/c1-3-15-14(10-11-18)16(4-2)20-17(19-15)12-13-8-6-5-7-9-13/h5-9H,3-4,10-12,18H2,1-2H3. The Kier molecular flexibility index (Phi) is 5.24. The summed E-state index contributed by atoms with van der Waals surface area (Å²) < 4.78 is 0. The molecule has 106 valence electrons. The SMILES string of the molecule is CCc1nc(Cc2ccccc2)nc(CC)c1CCN. The van der Waals surface area contributed by atoms with Crippen molar-refractivity contribution in [1.29, 1.82) is 0 Å². The van der Waals surface area contributed by atoms with Gasteiger partial charge in [-0.05, 0) is 36.9 Å². The first-order valence-corrected chi connectivity index (χ1v) is 7.40. The van der Waals surface area contributed by atoms with Crippen molar-refractivity contribution in [3.05, 3.63) is 58.7 Å². The van der Waals surface area contributed by atoms with Gasteiger partial charge in [-0.2, -0.15) is 0 Å². The maximum atomic E-state index is 5.71. The fourth-order valence-electron chi connectivity index (χ4n) is 2.51. The van der Waals surface area contributed by atoms with Gasteiger partial charge in [0.2, 0.25) is 0 Å². The van der Waals surface area contributed by atoms with E-state index < -0.39 is 0 Å². The molecule has 3 heteroatoms. The van der Waals surface area contributed by atoms with Gasteiger partial charge in [-0.15, -0.1) is 0 Å². The Morgan fingerprint density at radius 1 is 0.950 bits per heavy atom. The molecule has 1 aromatic heterocycles. The largest absolute Gasteiger partial charge is 0.330 e. The predicted octanol–water partition coefficient (Wildman–Crippen LogP) is 2.69. The third-order valence-corrected chi connectivity index (χ3v) is 3.49. The van der Waals surface area contributed by atoms with Gasteiger partial charge in [-0.25, -0.2) is 9.97 Å². The number of rotatable bonds is 6. The maximum absolute atomic E-state index is 5.71. The van der Waals surface area contributed by atoms with Gasteiger partial charge < -0.3 is 5.73 Å². The van der Waals surface area contributed by atoms with Crippen LogP contribution in [0.2, 0.25) is 0 Å². The second kappa shape index (κ2) is 7.15. The lowest BCUT2D eigenvalue weighted by molar-refractivity contribution is 0.802. The van der Waals surface area contributed by atoms with Crippen LogP contribution in [0.15, 0.2) is 30.3 Å². The van der Waals surface area contributed by atoms with Crippen molar-refractivity contribution in [1.82, 2.24) is 9.97 Å². The van der Waals surface area contributed by atoms with E-state index in [0.29, 0.717) is 6.54 Å². The number of hydrogen-bond acceptors (Lipinski definition) is 3. The summed E-state index contributed by atoms with van der Waals surface area (Å²) in [6.45, 7) is 4.95. The lowest BCUT2D eigenvalue weighted by Crippen LogP contribution is -2.13. The van der Waals surface area contributed by atoms with Crippen molar-refractivity contribution in [2.24, 2.45) is 5.73 Å². The number of benzene rings is 1. The molecule has 0 amide bonds. The van der Waals surface area contributed by atoms with Gasteiger partial charge in [0.25, 0.3) is 0 Å². The van der Waals surface area contributed by atoms with Crippen molar-refractivity contribution in [3.8, 4) is 0 Å². The van der Waals surface area contributed by atoms with Gasteiger partial charge in [-0.1, -0.05) is 44.2 Å². The molecule has 1 aromatic carbocycles. The highest BCUT2D eigenvalue weighted by molar-refractivity contribution is 5.28. The minimum Gasteiger partial charge on any atom is -0.330 e. The van der Waals surface area contributed by atoms with Gasteiger partial charge in [0, 0.05) is 17.8 Å². The van der Waals surface area contributed by atoms with Crippen LogP contribution >= 0.6 is 0 Å². The summed E-state index contributed by atoms with van der Waals surface area (Å²) in [4.78, 5) is 9.49. The molecule has 0 spiro atoms. The molecular weight excluding hydrogens is 246 g/mol. The molecule has 0 aliphatic heterocycles. The molecule has 0 saturated heterocycles. The van der Waals surface area contributed by atoms with E-state index in [-0.39, 0.29) is 0 Å². The number of aryl methyl sites for hydroxylation is 2. The Bertz CT molecular complexity index is 524. The predicted molar refractivity (Wildman–Crippen MR) is 82.8 cm³/mol. The molecule has 0 aliphatic carbocycles. The zero-order valence-electron chi connectivity index (χ0n) is 12.4. The average molecular weight is 269 g/mol. The summed E-state index contributed by atoms with van der Waals surface area (Å²) in [5.74, 6) is 0.922. The molecule has 2 N–H and O–H groups in total. The highest BCUT2D eigenvalue weighted by atomic mass is 14.9. The first kappa shape index (κ1) is 14.7. The number of nitrogens with two attached hydrogens (primary N) is 1. The first-order chi connectivity index (χ1) is 9.78. The summed E-state index contributed by atoms with van der Waals surface area (Å²) in [5.41, 5.74) is 10.5. The lowest BCUT2D eigenvalue weighted by atomic mass is 10.0. The summed E-state index contributed by atoms with van der Waals surface area (Å²) in [6.07, 6.45) is 3.54. The average Bonchev–Trinajstić information content (AvgIpc) is 2.49. The van der Waals surface area contributed by atoms with Gasteiger partial charge in [0.15, 0.2) is 0 Å². The molecule has 2 rings (SSSR count). The zero-order chi connectivity index (χ0) is 14.4. The van der Waals surface area contributed by atoms with E-state index in [9.17, 15) is 0 Å². The van der Waals surface area contributed by atoms with Crippen LogP contribution in [0, 0.1) is 0 Å². The summed E-state index contributed by atoms with van der Waals surface area (Å²) >= 11 is 0. The Hall–Kier alpha value is -1.74. The van der Waals surface area contributed by atoms with E-state index in [0.717, 1.165) is 42.9 Å². The Morgan fingerprint density at radius 2 is 1.55 bits per heavy atom. The van der Waals surface area contributed by atoms with E-state index in [1.165, 1.54) is 11.1 Å². The minimum atomic E-state index is 0.654. The Morgan fingerprint density at radius 3 is 2.05 bits per heavy atom. The first-order valence-electron chi connectivity index (χ1n) is 7.40. The van der Waals surface area contributed by atoms with Gasteiger partial charge >= 0.3 is 0 Å². The Balaban J connectivity index is 2.35. The fourth-order valence-corrected chi connectivity index (χ4v) is 2.51. The van der Waals surface area contributed by atoms with Crippen LogP contribution in [0.1, 0.15) is 42.2 Å². The summed E-state index contributed by atoms with van der Waals surface area (Å²) in [6, 6.07) is 10.4. The topological polar surface area (TPSA) is 51.8 Å². The van der Waals surface area contributed by atoms with Crippen LogP contribution in [0.3, 0.4) is 0 Å². The molecular formula is C17H23N3. The van der Waals surface area contributed by atoms with Crippen LogP contribution in [-0.4, -0.2) is 16.5 Å². The fraction of sp³-hybridized carbons (Fsp3) is 0.412. The lowest BCUT2D eigenvalue weighted by Gasteiger charge is -2.13. The summed E-state index contributed by atoms with van der Waals surface area (Å²) in [5, 5.41) is 0. The van der Waals surface area contributed by atoms with Crippen LogP contribution < -0.4 is 5.73 Å².